The molecule has 148 valence electrons. The fourth-order valence-corrected chi connectivity index (χ4v) is 3.41. The topological polar surface area (TPSA) is 22.9 Å². The van der Waals surface area contributed by atoms with E-state index in [1.165, 1.54) is 0 Å². The van der Waals surface area contributed by atoms with Gasteiger partial charge in [-0.15, -0.1) is 0 Å². The third-order valence-corrected chi connectivity index (χ3v) is 4.64. The fourth-order valence-electron chi connectivity index (χ4n) is 3.41. The molecule has 0 saturated carbocycles. The predicted octanol–water partition coefficient (Wildman–Crippen LogP) is 6.80. The highest BCUT2D eigenvalue weighted by molar-refractivity contribution is 5.88. The summed E-state index contributed by atoms with van der Waals surface area (Å²) >= 11 is 0. The summed E-state index contributed by atoms with van der Waals surface area (Å²) in [5.74, 6) is 1.45. The van der Waals surface area contributed by atoms with E-state index in [-0.39, 0.29) is 6.10 Å². The molecule has 0 aliphatic rings. The molecule has 0 aliphatic heterocycles. The lowest BCUT2D eigenvalue weighted by atomic mass is 9.99. The van der Waals surface area contributed by atoms with Crippen molar-refractivity contribution in [3.05, 3.63) is 84.4 Å². The molecule has 0 bridgehead atoms. The van der Waals surface area contributed by atoms with Gasteiger partial charge in [0.2, 0.25) is 0 Å². The van der Waals surface area contributed by atoms with Crippen LogP contribution < -0.4 is 0 Å². The van der Waals surface area contributed by atoms with Crippen LogP contribution in [0.15, 0.2) is 62.1 Å². The molecule has 0 radical (unpaired) electrons. The Labute approximate surface area is 169 Å². The molecule has 0 aliphatic carbocycles. The Kier molecular flexibility index (Phi) is 6.74. The minimum Gasteiger partial charge on any atom is -0.497 e. The van der Waals surface area contributed by atoms with Crippen LogP contribution in [0.2, 0.25) is 0 Å². The van der Waals surface area contributed by atoms with Gasteiger partial charge in [0.25, 0.3) is 0 Å². The Bertz CT molecular complexity index is 984. The van der Waals surface area contributed by atoms with E-state index in [0.717, 1.165) is 44.8 Å². The maximum Gasteiger partial charge on any atom is 0.120 e. The van der Waals surface area contributed by atoms with E-state index in [2.05, 4.69) is 49.4 Å². The number of methoxy groups -OCH3 is 1. The van der Waals surface area contributed by atoms with Crippen molar-refractivity contribution < 1.29 is 9.47 Å². The molecule has 0 N–H and O–H groups in total. The first-order chi connectivity index (χ1) is 13.2. The van der Waals surface area contributed by atoms with Crippen LogP contribution in [0.4, 0.5) is 0 Å². The minimum atomic E-state index is 0.0604. The summed E-state index contributed by atoms with van der Waals surface area (Å²) < 4.78 is 13.5. The Balaban J connectivity index is 2.82. The van der Waals surface area contributed by atoms with E-state index >= 15 is 0 Å². The molecular weight excluding hydrogens is 346 g/mol. The second-order valence-corrected chi connectivity index (χ2v) is 7.09. The van der Waals surface area contributed by atoms with Crippen LogP contribution >= 0.6 is 0 Å². The number of pyridine rings is 1. The van der Waals surface area contributed by atoms with Crippen LogP contribution in [0.5, 0.6) is 0 Å². The lowest BCUT2D eigenvalue weighted by molar-refractivity contribution is 0.205. The molecule has 0 spiro atoms. The fraction of sp³-hybridized carbons (Fsp3) is 0.280. The van der Waals surface area contributed by atoms with Gasteiger partial charge in [0.15, 0.2) is 0 Å². The molecule has 0 atom stereocenters. The van der Waals surface area contributed by atoms with Gasteiger partial charge in [0.05, 0.1) is 24.4 Å². The number of aromatic nitrogens is 1. The van der Waals surface area contributed by atoms with Gasteiger partial charge in [-0.25, -0.2) is 0 Å². The van der Waals surface area contributed by atoms with Gasteiger partial charge >= 0.3 is 0 Å². The van der Waals surface area contributed by atoms with Gasteiger partial charge < -0.3 is 13.9 Å². The summed E-state index contributed by atoms with van der Waals surface area (Å²) in [4.78, 5) is 0. The van der Waals surface area contributed by atoms with Gasteiger partial charge in [0.1, 0.15) is 11.5 Å². The Hall–Kier alpha value is -2.94. The van der Waals surface area contributed by atoms with Crippen LogP contribution in [0.3, 0.4) is 0 Å². The maximum absolute atomic E-state index is 5.91. The van der Waals surface area contributed by atoms with Crippen LogP contribution in [-0.4, -0.2) is 17.6 Å². The normalized spacial score (nSPS) is 12.4. The molecule has 2 aromatic heterocycles. The zero-order chi connectivity index (χ0) is 21.0. The summed E-state index contributed by atoms with van der Waals surface area (Å²) in [6.45, 7) is 22.4. The number of nitrogens with zero attached hydrogens (tertiary/aromatic N) is 1. The Morgan fingerprint density at radius 1 is 1.21 bits per heavy atom. The van der Waals surface area contributed by atoms with Crippen molar-refractivity contribution >= 4 is 22.4 Å². The highest BCUT2D eigenvalue weighted by atomic mass is 16.5. The summed E-state index contributed by atoms with van der Waals surface area (Å²) in [6, 6.07) is 4.22. The highest BCUT2D eigenvalue weighted by Gasteiger charge is 2.17. The number of allylic oxidation sites excluding steroid dienone is 5. The van der Waals surface area contributed by atoms with Crippen molar-refractivity contribution in [1.82, 2.24) is 4.40 Å². The van der Waals surface area contributed by atoms with Gasteiger partial charge in [-0.05, 0) is 75.6 Å². The van der Waals surface area contributed by atoms with E-state index in [4.69, 9.17) is 9.47 Å². The number of rotatable bonds is 8. The molecule has 0 aromatic carbocycles. The summed E-state index contributed by atoms with van der Waals surface area (Å²) in [5.41, 5.74) is 7.23. The molecule has 3 nitrogen and oxygen atoms in total. The maximum atomic E-state index is 5.91. The minimum absolute atomic E-state index is 0.0604. The van der Waals surface area contributed by atoms with Gasteiger partial charge in [-0.1, -0.05) is 25.8 Å². The molecule has 2 heterocycles. The smallest absolute Gasteiger partial charge is 0.120 e. The van der Waals surface area contributed by atoms with Crippen LogP contribution in [-0.2, 0) is 9.47 Å². The molecule has 2 rings (SSSR count). The molecule has 3 heteroatoms. The number of ether oxygens (including phenoxy) is 2. The third-order valence-electron chi connectivity index (χ3n) is 4.64. The van der Waals surface area contributed by atoms with Crippen molar-refractivity contribution in [1.29, 1.82) is 0 Å². The van der Waals surface area contributed by atoms with E-state index in [9.17, 15) is 0 Å². The first-order valence-electron chi connectivity index (χ1n) is 9.46. The molecule has 0 unspecified atom stereocenters. The van der Waals surface area contributed by atoms with E-state index in [0.29, 0.717) is 5.76 Å². The molecule has 28 heavy (non-hydrogen) atoms. The lowest BCUT2D eigenvalue weighted by Crippen LogP contribution is -2.06. The average molecular weight is 378 g/mol. The van der Waals surface area contributed by atoms with E-state index in [1.807, 2.05) is 45.9 Å². The van der Waals surface area contributed by atoms with Crippen LogP contribution in [0.1, 0.15) is 50.1 Å². The standard InChI is InChI=1S/C25H31NO2/c1-10-20(14-21(11-2)27-9)22-12-13-26-24(22)15-23(19(8)28-17(5)6)18(7)25(26)16(3)4/h10-15,17H,1,3,8H2,2,4-7,9H3/b20-14+,21-11+. The average Bonchev–Trinajstić information content (AvgIpc) is 3.04. The highest BCUT2D eigenvalue weighted by Crippen LogP contribution is 2.33. The first-order valence-corrected chi connectivity index (χ1v) is 9.46. The zero-order valence-electron chi connectivity index (χ0n) is 17.9. The summed E-state index contributed by atoms with van der Waals surface area (Å²) in [6.07, 6.45) is 7.88. The third kappa shape index (κ3) is 4.14. The number of hydrogen-bond donors (Lipinski definition) is 0. The van der Waals surface area contributed by atoms with Crippen LogP contribution in [0.25, 0.3) is 22.4 Å². The summed E-state index contributed by atoms with van der Waals surface area (Å²) in [5, 5.41) is 0. The van der Waals surface area contributed by atoms with Crippen LogP contribution in [0, 0.1) is 6.92 Å². The number of fused-ring (bicyclic) bond motifs is 1. The van der Waals surface area contributed by atoms with E-state index in [1.54, 1.807) is 7.11 Å². The van der Waals surface area contributed by atoms with Gasteiger partial charge in [0, 0.05) is 17.3 Å². The SMILES string of the molecule is C=C/C(=C\C(=C/C)OC)c1ccn2c(C(=C)C)c(C)c(C(=C)OC(C)C)cc12. The lowest BCUT2D eigenvalue weighted by Gasteiger charge is -2.19. The molecule has 0 fully saturated rings. The van der Waals surface area contributed by atoms with Gasteiger partial charge in [-0.3, -0.25) is 0 Å². The molecular formula is C25H31NO2. The molecule has 0 amide bonds. The van der Waals surface area contributed by atoms with Crippen molar-refractivity contribution in [2.45, 2.75) is 40.7 Å². The largest absolute Gasteiger partial charge is 0.497 e. The zero-order valence-corrected chi connectivity index (χ0v) is 17.9. The summed E-state index contributed by atoms with van der Waals surface area (Å²) in [7, 11) is 1.66. The monoisotopic (exact) mass is 377 g/mol. The second kappa shape index (κ2) is 8.83. The van der Waals surface area contributed by atoms with Crippen molar-refractivity contribution in [2.24, 2.45) is 0 Å². The molecule has 0 saturated heterocycles. The predicted molar refractivity (Wildman–Crippen MR) is 121 cm³/mol. The van der Waals surface area contributed by atoms with Crippen molar-refractivity contribution in [2.75, 3.05) is 7.11 Å². The quantitative estimate of drug-likeness (QED) is 0.373. The second-order valence-electron chi connectivity index (χ2n) is 7.09. The Morgan fingerprint density at radius 3 is 2.39 bits per heavy atom. The van der Waals surface area contributed by atoms with Gasteiger partial charge in [-0.2, -0.15) is 0 Å². The van der Waals surface area contributed by atoms with E-state index < -0.39 is 0 Å². The first kappa shape index (κ1) is 21.4. The van der Waals surface area contributed by atoms with Crippen molar-refractivity contribution in [3.8, 4) is 0 Å². The van der Waals surface area contributed by atoms with Crippen molar-refractivity contribution in [3.63, 3.8) is 0 Å². The Morgan fingerprint density at radius 2 is 1.89 bits per heavy atom. The number of hydrogen-bond acceptors (Lipinski definition) is 2. The molecule has 2 aromatic rings.